The number of hydrogen-bond donors (Lipinski definition) is 5. The minimum absolute atomic E-state index is 0.122. The predicted molar refractivity (Wildman–Crippen MR) is 103 cm³/mol. The fraction of sp³-hybridized carbons (Fsp3) is 0.526. The topological polar surface area (TPSA) is 173 Å². The van der Waals surface area contributed by atoms with E-state index >= 15 is 0 Å². The van der Waals surface area contributed by atoms with Crippen molar-refractivity contribution in [1.82, 2.24) is 10.8 Å². The zero-order valence-corrected chi connectivity index (χ0v) is 17.7. The maximum atomic E-state index is 12.6. The van der Waals surface area contributed by atoms with Gasteiger partial charge in [-0.05, 0) is 17.7 Å². The Bertz CT molecular complexity index is 882. The van der Waals surface area contributed by atoms with Crippen molar-refractivity contribution in [3.63, 3.8) is 0 Å². The number of nitrogens with one attached hydrogen (secondary N) is 2. The number of aliphatic hydroxyl groups excluding tert-OH is 3. The van der Waals surface area contributed by atoms with Crippen LogP contribution in [0.1, 0.15) is 22.8 Å². The highest BCUT2D eigenvalue weighted by Gasteiger charge is 2.40. The van der Waals surface area contributed by atoms with Gasteiger partial charge in [-0.25, -0.2) is 5.48 Å². The lowest BCUT2D eigenvalue weighted by atomic mass is 10.1. The molecule has 1 aromatic carbocycles. The number of halogens is 3. The lowest BCUT2D eigenvalue weighted by Crippen LogP contribution is -2.54. The van der Waals surface area contributed by atoms with Gasteiger partial charge in [0.25, 0.3) is 5.91 Å². The lowest BCUT2D eigenvalue weighted by molar-refractivity contribution is -0.242. The molecule has 1 fully saturated rings. The zero-order chi connectivity index (χ0) is 25.5. The van der Waals surface area contributed by atoms with E-state index in [-0.39, 0.29) is 31.1 Å². The zero-order valence-electron chi connectivity index (χ0n) is 17.7. The van der Waals surface area contributed by atoms with E-state index in [1.807, 2.05) is 0 Å². The number of amides is 2. The molecule has 190 valence electrons. The van der Waals surface area contributed by atoms with Gasteiger partial charge >= 0.3 is 18.1 Å². The first-order chi connectivity index (χ1) is 15.9. The molecule has 5 N–H and O–H groups in total. The molecule has 0 bridgehead atoms. The molecule has 0 saturated carbocycles. The van der Waals surface area contributed by atoms with Gasteiger partial charge in [-0.1, -0.05) is 6.07 Å². The first-order valence-electron chi connectivity index (χ1n) is 9.76. The molecule has 12 nitrogen and oxygen atoms in total. The Labute approximate surface area is 190 Å². The Kier molecular flexibility index (Phi) is 9.57. The molecule has 2 rings (SSSR count). The van der Waals surface area contributed by atoms with E-state index in [9.17, 15) is 42.9 Å². The Morgan fingerprint density at radius 2 is 1.88 bits per heavy atom. The van der Waals surface area contributed by atoms with Crippen LogP contribution in [0.3, 0.4) is 0 Å². The van der Waals surface area contributed by atoms with Gasteiger partial charge in [0, 0.05) is 13.5 Å². The van der Waals surface area contributed by atoms with E-state index in [2.05, 4.69) is 10.2 Å². The van der Waals surface area contributed by atoms with E-state index in [0.29, 0.717) is 5.56 Å². The van der Waals surface area contributed by atoms with Gasteiger partial charge in [-0.2, -0.15) is 13.2 Å². The summed E-state index contributed by atoms with van der Waals surface area (Å²) in [5.41, 5.74) is 1.41. The van der Waals surface area contributed by atoms with E-state index in [1.54, 1.807) is 0 Å². The van der Waals surface area contributed by atoms with Gasteiger partial charge in [0.15, 0.2) is 0 Å². The fourth-order valence-corrected chi connectivity index (χ4v) is 2.63. The van der Waals surface area contributed by atoms with Crippen molar-refractivity contribution in [2.45, 2.75) is 44.3 Å². The average molecular weight is 496 g/mol. The molecule has 0 aliphatic carbocycles. The number of carbonyl (C=O) groups is 3. The number of carbonyl (C=O) groups excluding carboxylic acids is 3. The van der Waals surface area contributed by atoms with Crippen LogP contribution in [0, 0.1) is 0 Å². The molecular formula is C19H23F3N2O10. The number of hydrogen-bond acceptors (Lipinski definition) is 10. The molecule has 1 saturated heterocycles. The summed E-state index contributed by atoms with van der Waals surface area (Å²) in [6.07, 6.45) is -11.1. The molecule has 1 heterocycles. The van der Waals surface area contributed by atoms with Crippen molar-refractivity contribution in [2.24, 2.45) is 0 Å². The van der Waals surface area contributed by atoms with E-state index < -0.39 is 55.2 Å². The Morgan fingerprint density at radius 3 is 2.53 bits per heavy atom. The molecule has 0 radical (unpaired) electrons. The van der Waals surface area contributed by atoms with Crippen molar-refractivity contribution in [1.29, 1.82) is 0 Å². The highest BCUT2D eigenvalue weighted by molar-refractivity contribution is 5.97. The highest BCUT2D eigenvalue weighted by Crippen LogP contribution is 2.26. The normalized spacial score (nSPS) is 22.6. The molecule has 0 spiro atoms. The fourth-order valence-electron chi connectivity index (χ4n) is 2.63. The van der Waals surface area contributed by atoms with Crippen molar-refractivity contribution in [2.75, 3.05) is 19.8 Å². The van der Waals surface area contributed by atoms with E-state index in [1.165, 1.54) is 30.6 Å². The quantitative estimate of drug-likeness (QED) is 0.161. The first kappa shape index (κ1) is 27.3. The minimum atomic E-state index is -5.13. The highest BCUT2D eigenvalue weighted by atomic mass is 19.4. The second-order valence-electron chi connectivity index (χ2n) is 7.01. The largest absolute Gasteiger partial charge is 0.473 e. The van der Waals surface area contributed by atoms with Crippen molar-refractivity contribution in [3.8, 4) is 5.75 Å². The monoisotopic (exact) mass is 496 g/mol. The SMILES string of the molecule is CC(=O)OCc1ccc(O[C@@H]2OC[C@@H](O)[C@H](O)[C@H]2O)c(C(=O)NCCONC(=O)C(F)(F)F)c1. The summed E-state index contributed by atoms with van der Waals surface area (Å²) in [5.74, 6) is -3.80. The van der Waals surface area contributed by atoms with Crippen molar-refractivity contribution >= 4 is 17.8 Å². The third-order valence-electron chi connectivity index (χ3n) is 4.34. The van der Waals surface area contributed by atoms with Crippen LogP contribution in [0.4, 0.5) is 13.2 Å². The van der Waals surface area contributed by atoms with Crippen LogP contribution in [-0.4, -0.2) is 83.6 Å². The van der Waals surface area contributed by atoms with Gasteiger partial charge in [0.05, 0.1) is 18.8 Å². The second kappa shape index (κ2) is 11.9. The first-order valence-corrected chi connectivity index (χ1v) is 9.76. The predicted octanol–water partition coefficient (Wildman–Crippen LogP) is -1.09. The number of esters is 1. The summed E-state index contributed by atoms with van der Waals surface area (Å²) < 4.78 is 51.8. The third kappa shape index (κ3) is 7.81. The molecule has 15 heteroatoms. The summed E-state index contributed by atoms with van der Waals surface area (Å²) >= 11 is 0. The maximum absolute atomic E-state index is 12.6. The molecular weight excluding hydrogens is 473 g/mol. The molecule has 0 unspecified atom stereocenters. The average Bonchev–Trinajstić information content (AvgIpc) is 2.77. The molecule has 1 aliphatic rings. The van der Waals surface area contributed by atoms with Crippen LogP contribution < -0.4 is 15.5 Å². The number of hydroxylamine groups is 1. The molecule has 34 heavy (non-hydrogen) atoms. The maximum Gasteiger partial charge on any atom is 0.473 e. The van der Waals surface area contributed by atoms with Crippen LogP contribution in [0.15, 0.2) is 18.2 Å². The molecule has 1 aromatic rings. The van der Waals surface area contributed by atoms with Gasteiger partial charge < -0.3 is 34.8 Å². The number of rotatable bonds is 9. The summed E-state index contributed by atoms with van der Waals surface area (Å²) in [5, 5.41) is 31.7. The van der Waals surface area contributed by atoms with Gasteiger partial charge in [-0.3, -0.25) is 19.2 Å². The summed E-state index contributed by atoms with van der Waals surface area (Å²) in [6, 6.07) is 4.05. The van der Waals surface area contributed by atoms with Crippen molar-refractivity contribution < 1.29 is 61.9 Å². The lowest BCUT2D eigenvalue weighted by Gasteiger charge is -2.35. The van der Waals surface area contributed by atoms with Crippen LogP contribution in [0.2, 0.25) is 0 Å². The van der Waals surface area contributed by atoms with Crippen LogP contribution in [0.25, 0.3) is 0 Å². The molecule has 4 atom stereocenters. The molecule has 0 aromatic heterocycles. The number of aliphatic hydroxyl groups is 3. The third-order valence-corrected chi connectivity index (χ3v) is 4.34. The van der Waals surface area contributed by atoms with Crippen LogP contribution >= 0.6 is 0 Å². The van der Waals surface area contributed by atoms with E-state index in [0.717, 1.165) is 0 Å². The number of alkyl halides is 3. The minimum Gasteiger partial charge on any atom is -0.461 e. The summed E-state index contributed by atoms with van der Waals surface area (Å²) in [4.78, 5) is 38.7. The summed E-state index contributed by atoms with van der Waals surface area (Å²) in [6.45, 7) is -0.181. The van der Waals surface area contributed by atoms with Crippen LogP contribution in [0.5, 0.6) is 5.75 Å². The standard InChI is InChI=1S/C19H23F3N2O10/c1-9(25)31-7-10-2-3-13(34-17-15(28)14(27)12(26)8-32-17)11(6-10)16(29)23-4-5-33-24-18(30)19(20,21)22/h2-3,6,12,14-15,17,26-28H,4-5,7-8H2,1H3,(H,23,29)(H,24,30)/t12-,14+,15-,17+/m1/s1. The molecule has 2 amide bonds. The van der Waals surface area contributed by atoms with Gasteiger partial charge in [0.1, 0.15) is 30.7 Å². The number of ether oxygens (including phenoxy) is 3. The smallest absolute Gasteiger partial charge is 0.461 e. The Balaban J connectivity index is 2.07. The Hall–Kier alpha value is -2.98. The Morgan fingerprint density at radius 1 is 1.18 bits per heavy atom. The number of benzene rings is 1. The van der Waals surface area contributed by atoms with E-state index in [4.69, 9.17) is 14.2 Å². The summed E-state index contributed by atoms with van der Waals surface area (Å²) in [7, 11) is 0. The molecule has 1 aliphatic heterocycles. The second-order valence-corrected chi connectivity index (χ2v) is 7.01. The van der Waals surface area contributed by atoms with Gasteiger partial charge in [-0.15, -0.1) is 0 Å². The van der Waals surface area contributed by atoms with Crippen molar-refractivity contribution in [3.05, 3.63) is 29.3 Å². The van der Waals surface area contributed by atoms with Crippen LogP contribution in [-0.2, 0) is 30.5 Å². The van der Waals surface area contributed by atoms with Gasteiger partial charge in [0.2, 0.25) is 6.29 Å².